The predicted molar refractivity (Wildman–Crippen MR) is 91.8 cm³/mol. The number of nitrogens with zero attached hydrogens (tertiary/aromatic N) is 2. The molecule has 2 atom stereocenters. The van der Waals surface area contributed by atoms with Crippen molar-refractivity contribution >= 4 is 0 Å². The van der Waals surface area contributed by atoms with E-state index >= 15 is 0 Å². The van der Waals surface area contributed by atoms with Gasteiger partial charge in [0.1, 0.15) is 0 Å². The summed E-state index contributed by atoms with van der Waals surface area (Å²) >= 11 is 0. The minimum atomic E-state index is 0.362. The fourth-order valence-electron chi connectivity index (χ4n) is 3.96. The van der Waals surface area contributed by atoms with Crippen molar-refractivity contribution in [3.63, 3.8) is 0 Å². The molecule has 21 heavy (non-hydrogen) atoms. The summed E-state index contributed by atoms with van der Waals surface area (Å²) in [6, 6.07) is 1.49. The lowest BCUT2D eigenvalue weighted by atomic mass is 9.84. The molecule has 0 aromatic rings. The monoisotopic (exact) mass is 295 g/mol. The average molecular weight is 296 g/mol. The molecule has 1 N–H and O–H groups in total. The Morgan fingerprint density at radius 1 is 1.14 bits per heavy atom. The Morgan fingerprint density at radius 2 is 1.90 bits per heavy atom. The van der Waals surface area contributed by atoms with Crippen LogP contribution in [0.2, 0.25) is 0 Å². The second-order valence-electron chi connectivity index (χ2n) is 8.15. The first-order valence-corrected chi connectivity index (χ1v) is 9.20. The second-order valence-corrected chi connectivity index (χ2v) is 8.15. The summed E-state index contributed by atoms with van der Waals surface area (Å²) in [6.07, 6.45) is 6.72. The molecule has 0 aliphatic carbocycles. The Bertz CT molecular complexity index is 297. The Hall–Kier alpha value is -0.120. The quantitative estimate of drug-likeness (QED) is 0.813. The SMILES string of the molecule is CCCNC(CCN1CCCN2CCCC2C1)C(C)(C)C. The van der Waals surface area contributed by atoms with Gasteiger partial charge in [0.05, 0.1) is 0 Å². The first kappa shape index (κ1) is 17.2. The van der Waals surface area contributed by atoms with Crippen molar-refractivity contribution in [3.05, 3.63) is 0 Å². The molecular weight excluding hydrogens is 258 g/mol. The third kappa shape index (κ3) is 5.22. The number of nitrogens with one attached hydrogen (secondary N) is 1. The summed E-state index contributed by atoms with van der Waals surface area (Å²) in [7, 11) is 0. The lowest BCUT2D eigenvalue weighted by Crippen LogP contribution is -2.44. The van der Waals surface area contributed by atoms with Crippen LogP contribution < -0.4 is 5.32 Å². The van der Waals surface area contributed by atoms with Gasteiger partial charge in [-0.05, 0) is 70.2 Å². The Morgan fingerprint density at radius 3 is 2.62 bits per heavy atom. The van der Waals surface area contributed by atoms with Gasteiger partial charge in [-0.1, -0.05) is 27.7 Å². The molecule has 3 heteroatoms. The third-order valence-electron chi connectivity index (χ3n) is 5.31. The molecule has 2 aliphatic heterocycles. The van der Waals surface area contributed by atoms with Gasteiger partial charge in [0.25, 0.3) is 0 Å². The van der Waals surface area contributed by atoms with Gasteiger partial charge in [-0.2, -0.15) is 0 Å². The zero-order valence-corrected chi connectivity index (χ0v) is 14.8. The fraction of sp³-hybridized carbons (Fsp3) is 1.00. The van der Waals surface area contributed by atoms with Crippen molar-refractivity contribution in [2.24, 2.45) is 5.41 Å². The lowest BCUT2D eigenvalue weighted by molar-refractivity contribution is 0.188. The molecule has 2 fully saturated rings. The summed E-state index contributed by atoms with van der Waals surface area (Å²) in [5.41, 5.74) is 0.362. The van der Waals surface area contributed by atoms with E-state index in [2.05, 4.69) is 42.8 Å². The number of rotatable bonds is 6. The van der Waals surface area contributed by atoms with E-state index in [1.54, 1.807) is 0 Å². The van der Waals surface area contributed by atoms with Crippen molar-refractivity contribution in [2.75, 3.05) is 39.3 Å². The molecule has 124 valence electrons. The van der Waals surface area contributed by atoms with Crippen molar-refractivity contribution in [2.45, 2.75) is 71.9 Å². The number of hydrogen-bond acceptors (Lipinski definition) is 3. The van der Waals surface area contributed by atoms with Crippen LogP contribution in [-0.2, 0) is 0 Å². The summed E-state index contributed by atoms with van der Waals surface area (Å²) in [4.78, 5) is 5.47. The third-order valence-corrected chi connectivity index (χ3v) is 5.31. The van der Waals surface area contributed by atoms with Crippen LogP contribution in [0.15, 0.2) is 0 Å². The van der Waals surface area contributed by atoms with Gasteiger partial charge in [0.15, 0.2) is 0 Å². The normalized spacial score (nSPS) is 26.6. The van der Waals surface area contributed by atoms with Crippen molar-refractivity contribution < 1.29 is 0 Å². The minimum absolute atomic E-state index is 0.362. The van der Waals surface area contributed by atoms with Crippen LogP contribution in [-0.4, -0.2) is 61.2 Å². The lowest BCUT2D eigenvalue weighted by Gasteiger charge is -2.34. The maximum absolute atomic E-state index is 3.77. The maximum atomic E-state index is 3.77. The van der Waals surface area contributed by atoms with E-state index in [0.29, 0.717) is 11.5 Å². The van der Waals surface area contributed by atoms with Crippen LogP contribution in [0.4, 0.5) is 0 Å². The topological polar surface area (TPSA) is 18.5 Å². The van der Waals surface area contributed by atoms with Gasteiger partial charge in [-0.3, -0.25) is 4.90 Å². The Kier molecular flexibility index (Phi) is 6.51. The highest BCUT2D eigenvalue weighted by atomic mass is 15.3. The molecule has 0 aromatic carbocycles. The zero-order chi connectivity index (χ0) is 15.3. The van der Waals surface area contributed by atoms with Gasteiger partial charge in [-0.15, -0.1) is 0 Å². The molecule has 0 bridgehead atoms. The number of hydrogen-bond donors (Lipinski definition) is 1. The molecular formula is C18H37N3. The van der Waals surface area contributed by atoms with E-state index in [4.69, 9.17) is 0 Å². The second kappa shape index (κ2) is 7.94. The van der Waals surface area contributed by atoms with E-state index in [9.17, 15) is 0 Å². The highest BCUT2D eigenvalue weighted by molar-refractivity contribution is 4.87. The molecule has 2 unspecified atom stereocenters. The van der Waals surface area contributed by atoms with Gasteiger partial charge >= 0.3 is 0 Å². The highest BCUT2D eigenvalue weighted by Crippen LogP contribution is 2.24. The maximum Gasteiger partial charge on any atom is 0.0223 e. The van der Waals surface area contributed by atoms with Crippen LogP contribution >= 0.6 is 0 Å². The summed E-state index contributed by atoms with van der Waals surface area (Å²) in [5, 5.41) is 3.77. The predicted octanol–water partition coefficient (Wildman–Crippen LogP) is 2.96. The molecule has 3 nitrogen and oxygen atoms in total. The smallest absolute Gasteiger partial charge is 0.0223 e. The van der Waals surface area contributed by atoms with Gasteiger partial charge < -0.3 is 10.2 Å². The standard InChI is InChI=1S/C18H37N3/c1-5-10-19-17(18(2,3)4)9-14-20-11-7-13-21-12-6-8-16(21)15-20/h16-17,19H,5-15H2,1-4H3. The molecule has 2 rings (SSSR count). The van der Waals surface area contributed by atoms with Crippen LogP contribution in [0.25, 0.3) is 0 Å². The Balaban J connectivity index is 1.81. The summed E-state index contributed by atoms with van der Waals surface area (Å²) in [6.45, 7) is 17.1. The van der Waals surface area contributed by atoms with Gasteiger partial charge in [0.2, 0.25) is 0 Å². The molecule has 2 aliphatic rings. The van der Waals surface area contributed by atoms with Crippen LogP contribution in [0.3, 0.4) is 0 Å². The molecule has 0 aromatic heterocycles. The van der Waals surface area contributed by atoms with Crippen molar-refractivity contribution in [1.29, 1.82) is 0 Å². The average Bonchev–Trinajstić information content (AvgIpc) is 2.76. The first-order valence-electron chi connectivity index (χ1n) is 9.20. The Labute approximate surface area is 132 Å². The molecule has 0 saturated carbocycles. The van der Waals surface area contributed by atoms with Crippen LogP contribution in [0.1, 0.15) is 59.8 Å². The van der Waals surface area contributed by atoms with E-state index in [0.717, 1.165) is 12.6 Å². The first-order chi connectivity index (χ1) is 10.0. The van der Waals surface area contributed by atoms with Gasteiger partial charge in [-0.25, -0.2) is 0 Å². The summed E-state index contributed by atoms with van der Waals surface area (Å²) in [5.74, 6) is 0. The molecule has 0 radical (unpaired) electrons. The van der Waals surface area contributed by atoms with E-state index in [1.165, 1.54) is 64.8 Å². The van der Waals surface area contributed by atoms with Crippen molar-refractivity contribution in [1.82, 2.24) is 15.1 Å². The molecule has 0 spiro atoms. The van der Waals surface area contributed by atoms with Crippen LogP contribution in [0, 0.1) is 5.41 Å². The largest absolute Gasteiger partial charge is 0.313 e. The zero-order valence-electron chi connectivity index (χ0n) is 14.8. The van der Waals surface area contributed by atoms with Gasteiger partial charge in [0, 0.05) is 18.6 Å². The fourth-order valence-corrected chi connectivity index (χ4v) is 3.96. The van der Waals surface area contributed by atoms with Crippen molar-refractivity contribution in [3.8, 4) is 0 Å². The summed E-state index contributed by atoms with van der Waals surface area (Å²) < 4.78 is 0. The van der Waals surface area contributed by atoms with E-state index in [1.807, 2.05) is 0 Å². The molecule has 2 heterocycles. The minimum Gasteiger partial charge on any atom is -0.313 e. The van der Waals surface area contributed by atoms with Crippen LogP contribution in [0.5, 0.6) is 0 Å². The van der Waals surface area contributed by atoms with E-state index < -0.39 is 0 Å². The van der Waals surface area contributed by atoms with E-state index in [-0.39, 0.29) is 0 Å². The highest BCUT2D eigenvalue weighted by Gasteiger charge is 2.30. The number of fused-ring (bicyclic) bond motifs is 1. The molecule has 0 amide bonds. The molecule has 2 saturated heterocycles.